The van der Waals surface area contributed by atoms with E-state index in [1.54, 1.807) is 24.5 Å². The largest absolute Gasteiger partial charge is 0.508 e. The van der Waals surface area contributed by atoms with Gasteiger partial charge >= 0.3 is 5.97 Å². The second kappa shape index (κ2) is 11.1. The highest BCUT2D eigenvalue weighted by molar-refractivity contribution is 7.93. The van der Waals surface area contributed by atoms with Crippen molar-refractivity contribution in [1.29, 1.82) is 0 Å². The molecule has 0 unspecified atom stereocenters. The minimum absolute atomic E-state index is 0.0104. The number of sulfone groups is 1. The van der Waals surface area contributed by atoms with Crippen LogP contribution >= 0.6 is 0 Å². The maximum atomic E-state index is 13.0. The minimum Gasteiger partial charge on any atom is -0.508 e. The van der Waals surface area contributed by atoms with E-state index in [-0.39, 0.29) is 23.1 Å². The lowest BCUT2D eigenvalue weighted by atomic mass is 10.0. The summed E-state index contributed by atoms with van der Waals surface area (Å²) in [5, 5.41) is 35.2. The first kappa shape index (κ1) is 27.6. The predicted molar refractivity (Wildman–Crippen MR) is 141 cm³/mol. The molecule has 4 rings (SSSR count). The fourth-order valence-corrected chi connectivity index (χ4v) is 5.59. The zero-order valence-electron chi connectivity index (χ0n) is 20.7. The molecule has 3 aromatic rings. The number of carboxylic acid groups (broad SMARTS) is 1. The van der Waals surface area contributed by atoms with Gasteiger partial charge in [0.15, 0.2) is 0 Å². The number of rotatable bonds is 9. The van der Waals surface area contributed by atoms with Crippen molar-refractivity contribution in [3.8, 4) is 11.5 Å². The fraction of sp³-hybridized carbons (Fsp3) is 0.280. The third-order valence-electron chi connectivity index (χ3n) is 6.47. The summed E-state index contributed by atoms with van der Waals surface area (Å²) in [5.74, 6) is -2.51. The second-order valence-electron chi connectivity index (χ2n) is 9.06. The van der Waals surface area contributed by atoms with Crippen LogP contribution in [0.5, 0.6) is 11.5 Å². The van der Waals surface area contributed by atoms with Gasteiger partial charge in [-0.15, -0.1) is 0 Å². The van der Waals surface area contributed by atoms with E-state index in [4.69, 9.17) is 5.73 Å². The molecule has 1 amide bonds. The van der Waals surface area contributed by atoms with Crippen molar-refractivity contribution in [2.24, 2.45) is 5.73 Å². The van der Waals surface area contributed by atoms with Crippen molar-refractivity contribution in [3.63, 3.8) is 0 Å². The molecular weight excluding hydrogens is 528 g/mol. The molecular formula is C25H28N6O7S. The van der Waals surface area contributed by atoms with Gasteiger partial charge in [0.1, 0.15) is 11.5 Å². The summed E-state index contributed by atoms with van der Waals surface area (Å²) in [7, 11) is -4.67. The summed E-state index contributed by atoms with van der Waals surface area (Å²) in [6.07, 6.45) is 4.85. The van der Waals surface area contributed by atoms with Crippen LogP contribution < -0.4 is 21.3 Å². The number of phenolic OH excluding ortho intramolecular Hbond substituents is 2. The number of carbonyl (C=O) groups is 2. The molecule has 2 heterocycles. The Bertz CT molecular complexity index is 1450. The van der Waals surface area contributed by atoms with Gasteiger partial charge in [-0.2, -0.15) is 0 Å². The molecule has 1 fully saturated rings. The van der Waals surface area contributed by atoms with Crippen LogP contribution in [0, 0.1) is 0 Å². The van der Waals surface area contributed by atoms with Crippen molar-refractivity contribution in [2.45, 2.75) is 28.6 Å². The van der Waals surface area contributed by atoms with E-state index in [0.717, 1.165) is 37.1 Å². The quantitative estimate of drug-likeness (QED) is 0.217. The number of amides is 1. The van der Waals surface area contributed by atoms with E-state index in [1.807, 2.05) is 4.90 Å². The molecule has 2 aromatic carbocycles. The van der Waals surface area contributed by atoms with Crippen molar-refractivity contribution >= 4 is 33.3 Å². The van der Waals surface area contributed by atoms with Crippen LogP contribution in [0.15, 0.2) is 65.8 Å². The van der Waals surface area contributed by atoms with Crippen molar-refractivity contribution in [1.82, 2.24) is 15.3 Å². The Morgan fingerprint density at radius 3 is 2.28 bits per heavy atom. The Hall–Kier alpha value is -4.43. The molecule has 1 aromatic heterocycles. The monoisotopic (exact) mass is 556 g/mol. The number of aromatic hydroxyl groups is 2. The summed E-state index contributed by atoms with van der Waals surface area (Å²) in [5.41, 5.74) is 6.31. The van der Waals surface area contributed by atoms with Gasteiger partial charge in [0, 0.05) is 37.1 Å². The summed E-state index contributed by atoms with van der Waals surface area (Å²) >= 11 is 0. The van der Waals surface area contributed by atoms with E-state index in [2.05, 4.69) is 20.6 Å². The van der Waals surface area contributed by atoms with Gasteiger partial charge in [-0.3, -0.25) is 4.79 Å². The number of nitrogens with zero attached hydrogens (tertiary/aromatic N) is 3. The Kier molecular flexibility index (Phi) is 7.88. The molecule has 1 aliphatic rings. The smallest absolute Gasteiger partial charge is 0.341 e. The lowest BCUT2D eigenvalue weighted by Crippen LogP contribution is -2.61. The lowest BCUT2D eigenvalue weighted by Gasteiger charge is -2.34. The summed E-state index contributed by atoms with van der Waals surface area (Å²) in [6, 6.07) is 10.3. The van der Waals surface area contributed by atoms with Crippen LogP contribution in [-0.2, 0) is 14.6 Å². The molecule has 0 spiro atoms. The van der Waals surface area contributed by atoms with Gasteiger partial charge < -0.3 is 36.6 Å². The average molecular weight is 557 g/mol. The number of benzene rings is 2. The predicted octanol–water partition coefficient (Wildman–Crippen LogP) is 0.912. The summed E-state index contributed by atoms with van der Waals surface area (Å²) in [4.78, 5) is 31.6. The van der Waals surface area contributed by atoms with E-state index < -0.39 is 38.0 Å². The van der Waals surface area contributed by atoms with Crippen LogP contribution in [-0.4, -0.2) is 76.1 Å². The Labute approximate surface area is 224 Å². The highest BCUT2D eigenvalue weighted by Gasteiger charge is 2.49. The maximum absolute atomic E-state index is 13.0. The lowest BCUT2D eigenvalue weighted by molar-refractivity contribution is -0.139. The number of nitrogens with one attached hydrogen (secondary N) is 2. The number of hydrogen-bond donors (Lipinski definition) is 6. The van der Waals surface area contributed by atoms with Crippen molar-refractivity contribution in [2.75, 3.05) is 29.9 Å². The molecule has 13 nitrogen and oxygen atoms in total. The van der Waals surface area contributed by atoms with Crippen LogP contribution in [0.4, 0.5) is 11.6 Å². The third-order valence-corrected chi connectivity index (χ3v) is 8.64. The highest BCUT2D eigenvalue weighted by Crippen LogP contribution is 2.31. The number of aliphatic carboxylic acids is 1. The molecule has 0 aliphatic carbocycles. The van der Waals surface area contributed by atoms with Gasteiger partial charge in [-0.25, -0.2) is 23.2 Å². The fourth-order valence-electron chi connectivity index (χ4n) is 4.19. The van der Waals surface area contributed by atoms with E-state index >= 15 is 0 Å². The number of piperidine rings is 1. The molecule has 1 aliphatic heterocycles. The maximum Gasteiger partial charge on any atom is 0.341 e. The van der Waals surface area contributed by atoms with E-state index in [0.29, 0.717) is 24.7 Å². The zero-order chi connectivity index (χ0) is 28.2. The first-order valence-electron chi connectivity index (χ1n) is 12.0. The number of carbonyl (C=O) groups excluding carboxylic acids is 1. The highest BCUT2D eigenvalue weighted by atomic mass is 32.2. The Morgan fingerprint density at radius 2 is 1.69 bits per heavy atom. The van der Waals surface area contributed by atoms with Gasteiger partial charge in [-0.1, -0.05) is 0 Å². The minimum atomic E-state index is -4.67. The van der Waals surface area contributed by atoms with Gasteiger partial charge in [0.25, 0.3) is 5.91 Å². The standard InChI is InChI=1S/C25H28N6O7S/c26-25(23(35)36,39(37,38)19-5-3-18(32)4-6-19)15-29-22(34)16-2-7-20(21(33)14-16)31-12-8-17(9-13-31)30-24-27-10-1-11-28-24/h1-7,10-11,14,17,32-33H,8-9,12-13,15,26H2,(H,29,34)(H,35,36)(H,27,28,30)/t25-/m0/s1. The van der Waals surface area contributed by atoms with Crippen LogP contribution in [0.1, 0.15) is 23.2 Å². The number of aromatic nitrogens is 2. The van der Waals surface area contributed by atoms with Crippen LogP contribution in [0.2, 0.25) is 0 Å². The number of carboxylic acids is 1. The molecule has 39 heavy (non-hydrogen) atoms. The first-order valence-corrected chi connectivity index (χ1v) is 13.5. The van der Waals surface area contributed by atoms with Gasteiger partial charge in [0.2, 0.25) is 20.7 Å². The molecule has 0 bridgehead atoms. The zero-order valence-corrected chi connectivity index (χ0v) is 21.5. The van der Waals surface area contributed by atoms with Crippen LogP contribution in [0.3, 0.4) is 0 Å². The van der Waals surface area contributed by atoms with Gasteiger partial charge in [0.05, 0.1) is 17.1 Å². The van der Waals surface area contributed by atoms with Gasteiger partial charge in [-0.05, 0) is 61.4 Å². The number of nitrogens with two attached hydrogens (primary N) is 1. The molecule has 1 atom stereocenters. The molecule has 7 N–H and O–H groups in total. The molecule has 206 valence electrons. The number of phenols is 2. The van der Waals surface area contributed by atoms with Crippen LogP contribution in [0.25, 0.3) is 0 Å². The summed E-state index contributed by atoms with van der Waals surface area (Å²) < 4.78 is 25.9. The van der Waals surface area contributed by atoms with E-state index in [9.17, 15) is 33.3 Å². The Balaban J connectivity index is 1.40. The number of hydrogen-bond acceptors (Lipinski definition) is 11. The molecule has 14 heteroatoms. The first-order chi connectivity index (χ1) is 18.5. The van der Waals surface area contributed by atoms with Crippen molar-refractivity contribution < 1.29 is 33.3 Å². The Morgan fingerprint density at radius 1 is 1.05 bits per heavy atom. The molecule has 0 saturated carbocycles. The normalized spacial score (nSPS) is 15.8. The number of anilines is 2. The molecule has 1 saturated heterocycles. The topological polar surface area (TPSA) is 208 Å². The average Bonchev–Trinajstić information content (AvgIpc) is 2.92. The van der Waals surface area contributed by atoms with E-state index in [1.165, 1.54) is 12.1 Å². The second-order valence-corrected chi connectivity index (χ2v) is 11.3. The van der Waals surface area contributed by atoms with Crippen molar-refractivity contribution in [3.05, 3.63) is 66.5 Å². The third kappa shape index (κ3) is 5.86. The summed E-state index contributed by atoms with van der Waals surface area (Å²) in [6.45, 7) is 0.318. The molecule has 0 radical (unpaired) electrons. The SMILES string of the molecule is N[C@](CNC(=O)c1ccc(N2CCC(Nc3ncccn3)CC2)c(O)c1)(C(=O)O)S(=O)(=O)c1ccc(O)cc1.